The smallest absolute Gasteiger partial charge is 0.0725 e. The minimum atomic E-state index is -0.464. The molecule has 1 spiro atoms. The molecule has 1 nitrogen and oxygen atoms in total. The Hall–Kier alpha value is -8.26. The molecule has 67 heavy (non-hydrogen) atoms. The van der Waals surface area contributed by atoms with Gasteiger partial charge in [-0.15, -0.1) is 0 Å². The zero-order chi connectivity index (χ0) is 44.9. The van der Waals surface area contributed by atoms with Crippen LogP contribution in [0.5, 0.6) is 0 Å². The Kier molecular flexibility index (Phi) is 8.70. The summed E-state index contributed by atoms with van der Waals surface area (Å²) in [7, 11) is 0. The third kappa shape index (κ3) is 5.81. The monoisotopic (exact) mass is 853 g/mol. The van der Waals surface area contributed by atoms with Crippen LogP contribution in [0.3, 0.4) is 0 Å². The first-order chi connectivity index (χ1) is 32.9. The van der Waals surface area contributed by atoms with Crippen LogP contribution in [0, 0.1) is 0 Å². The van der Waals surface area contributed by atoms with E-state index in [-0.39, 0.29) is 5.41 Å². The molecule has 0 aromatic heterocycles. The van der Waals surface area contributed by atoms with Gasteiger partial charge in [0.05, 0.1) is 5.41 Å². The number of rotatable bonds is 7. The van der Waals surface area contributed by atoms with Crippen LogP contribution in [0.1, 0.15) is 52.8 Å². The summed E-state index contributed by atoms with van der Waals surface area (Å²) in [6.45, 7) is 8.71. The minimum Gasteiger partial charge on any atom is -0.310 e. The molecule has 10 aromatic rings. The van der Waals surface area contributed by atoms with Crippen molar-refractivity contribution in [2.75, 3.05) is 4.90 Å². The molecule has 0 heterocycles. The fourth-order valence-electron chi connectivity index (χ4n) is 11.8. The molecule has 0 saturated carbocycles. The first-order valence-electron chi connectivity index (χ1n) is 23.4. The minimum absolute atomic E-state index is 0.113. The number of hydrogen-bond donors (Lipinski definition) is 0. The van der Waals surface area contributed by atoms with E-state index >= 15 is 0 Å². The van der Waals surface area contributed by atoms with Gasteiger partial charge in [-0.3, -0.25) is 0 Å². The van der Waals surface area contributed by atoms with Crippen LogP contribution in [-0.2, 0) is 10.8 Å². The van der Waals surface area contributed by atoms with Crippen molar-refractivity contribution in [1.29, 1.82) is 0 Å². The molecule has 0 fully saturated rings. The molecule has 10 aromatic carbocycles. The Labute approximate surface area is 393 Å². The largest absolute Gasteiger partial charge is 0.310 e. The van der Waals surface area contributed by atoms with Crippen molar-refractivity contribution in [3.05, 3.63) is 276 Å². The predicted octanol–water partition coefficient (Wildman–Crippen LogP) is 17.5. The summed E-state index contributed by atoms with van der Waals surface area (Å²) in [5.74, 6) is 0. The van der Waals surface area contributed by atoms with E-state index in [1.54, 1.807) is 0 Å². The van der Waals surface area contributed by atoms with Crippen molar-refractivity contribution in [1.82, 2.24) is 0 Å². The predicted molar refractivity (Wildman–Crippen MR) is 281 cm³/mol. The van der Waals surface area contributed by atoms with E-state index in [9.17, 15) is 0 Å². The maximum absolute atomic E-state index is 3.99. The lowest BCUT2D eigenvalue weighted by atomic mass is 9.70. The standard InChI is InChI=1S/C66H47N/c1-4-43-22-24-46(25-23-43)48-30-37-57-54-17-9-12-20-60(54)66(63(57)40-48)61-21-13-10-18-55(61)58-38-31-49(41-64(58)66)47-28-34-51(35-29-47)67(50-32-26-45(27-33-50)44-14-6-5-7-15-44)52-36-39-56-53-16-8-11-19-59(53)65(2,3)62(56)42-52/h4-42H,1H2,2-3H3. The van der Waals surface area contributed by atoms with Gasteiger partial charge < -0.3 is 4.90 Å². The number of anilines is 3. The molecular weight excluding hydrogens is 807 g/mol. The van der Waals surface area contributed by atoms with Crippen LogP contribution in [0.15, 0.2) is 237 Å². The van der Waals surface area contributed by atoms with Crippen LogP contribution >= 0.6 is 0 Å². The normalized spacial score (nSPS) is 15.3. The fraction of sp³-hybridized carbons (Fsp3) is 0.0606. The lowest BCUT2D eigenvalue weighted by molar-refractivity contribution is 0.660. The molecular formula is C66H47N. The Morgan fingerprint density at radius 2 is 0.687 bits per heavy atom. The summed E-state index contributed by atoms with van der Waals surface area (Å²) in [6.07, 6.45) is 1.91. The Morgan fingerprint density at radius 3 is 1.22 bits per heavy atom. The summed E-state index contributed by atoms with van der Waals surface area (Å²) in [5, 5.41) is 0. The Morgan fingerprint density at radius 1 is 0.313 bits per heavy atom. The van der Waals surface area contributed by atoms with E-state index in [4.69, 9.17) is 0 Å². The van der Waals surface area contributed by atoms with Crippen LogP contribution in [0.4, 0.5) is 17.1 Å². The SMILES string of the molecule is C=Cc1ccc(-c2ccc3c(c2)C2(c4ccccc4-3)c3ccccc3-c3ccc(-c4ccc(N(c5ccc(-c6ccccc6)cc5)c5ccc6c(c5)C(C)(C)c5ccccc5-6)cc4)cc32)cc1. The van der Waals surface area contributed by atoms with Crippen LogP contribution in [-0.4, -0.2) is 0 Å². The highest BCUT2D eigenvalue weighted by Crippen LogP contribution is 2.63. The third-order valence-corrected chi connectivity index (χ3v) is 15.1. The molecule has 0 amide bonds. The number of fused-ring (bicyclic) bond motifs is 13. The topological polar surface area (TPSA) is 3.24 Å². The molecule has 0 aliphatic heterocycles. The maximum atomic E-state index is 3.99. The van der Waals surface area contributed by atoms with E-state index < -0.39 is 5.41 Å². The third-order valence-electron chi connectivity index (χ3n) is 15.1. The molecule has 0 radical (unpaired) electrons. The number of hydrogen-bond acceptors (Lipinski definition) is 1. The first kappa shape index (κ1) is 39.1. The Bertz CT molecular complexity index is 3580. The van der Waals surface area contributed by atoms with Gasteiger partial charge in [0.1, 0.15) is 0 Å². The summed E-state index contributed by atoms with van der Waals surface area (Å²) in [4.78, 5) is 2.42. The van der Waals surface area contributed by atoms with E-state index in [1.807, 2.05) is 6.08 Å². The second-order valence-corrected chi connectivity index (χ2v) is 18.9. The highest BCUT2D eigenvalue weighted by atomic mass is 15.1. The molecule has 1 heteroatoms. The molecule has 13 rings (SSSR count). The zero-order valence-corrected chi connectivity index (χ0v) is 37.7. The first-order valence-corrected chi connectivity index (χ1v) is 23.4. The van der Waals surface area contributed by atoms with Crippen LogP contribution < -0.4 is 4.90 Å². The van der Waals surface area contributed by atoms with Crippen LogP contribution in [0.25, 0.3) is 72.8 Å². The molecule has 3 aliphatic rings. The average Bonchev–Trinajstić information content (AvgIpc) is 3.95. The van der Waals surface area contributed by atoms with Crippen molar-refractivity contribution in [2.24, 2.45) is 0 Å². The van der Waals surface area contributed by atoms with E-state index in [2.05, 4.69) is 256 Å². The highest BCUT2D eigenvalue weighted by molar-refractivity contribution is 5.97. The Balaban J connectivity index is 0.938. The summed E-state index contributed by atoms with van der Waals surface area (Å²) >= 11 is 0. The van der Waals surface area contributed by atoms with Gasteiger partial charge in [0.2, 0.25) is 0 Å². The average molecular weight is 854 g/mol. The fourth-order valence-corrected chi connectivity index (χ4v) is 11.8. The maximum Gasteiger partial charge on any atom is 0.0725 e. The number of benzene rings is 10. The second-order valence-electron chi connectivity index (χ2n) is 18.9. The van der Waals surface area contributed by atoms with Gasteiger partial charge in [-0.2, -0.15) is 0 Å². The molecule has 1 unspecified atom stereocenters. The van der Waals surface area contributed by atoms with Crippen molar-refractivity contribution < 1.29 is 0 Å². The zero-order valence-electron chi connectivity index (χ0n) is 37.7. The van der Waals surface area contributed by atoms with Crippen molar-refractivity contribution in [2.45, 2.75) is 24.7 Å². The second kappa shape index (κ2) is 14.9. The van der Waals surface area contributed by atoms with Gasteiger partial charge in [-0.05, 0) is 154 Å². The quantitative estimate of drug-likeness (QED) is 0.154. The van der Waals surface area contributed by atoms with Gasteiger partial charge in [-0.25, -0.2) is 0 Å². The van der Waals surface area contributed by atoms with E-state index in [0.29, 0.717) is 0 Å². The van der Waals surface area contributed by atoms with Gasteiger partial charge in [0, 0.05) is 22.5 Å². The molecule has 0 saturated heterocycles. The summed E-state index contributed by atoms with van der Waals surface area (Å²) < 4.78 is 0. The lowest BCUT2D eigenvalue weighted by Gasteiger charge is -2.31. The van der Waals surface area contributed by atoms with E-state index in [1.165, 1.54) is 100 Å². The molecule has 0 N–H and O–H groups in total. The van der Waals surface area contributed by atoms with Gasteiger partial charge in [0.25, 0.3) is 0 Å². The van der Waals surface area contributed by atoms with E-state index in [0.717, 1.165) is 22.6 Å². The molecule has 0 bridgehead atoms. The van der Waals surface area contributed by atoms with Crippen LogP contribution in [0.2, 0.25) is 0 Å². The molecule has 316 valence electrons. The highest BCUT2D eigenvalue weighted by Gasteiger charge is 2.51. The van der Waals surface area contributed by atoms with Crippen molar-refractivity contribution in [3.63, 3.8) is 0 Å². The lowest BCUT2D eigenvalue weighted by Crippen LogP contribution is -2.26. The molecule has 3 aliphatic carbocycles. The van der Waals surface area contributed by atoms with Gasteiger partial charge >= 0.3 is 0 Å². The van der Waals surface area contributed by atoms with Crippen molar-refractivity contribution >= 4 is 23.1 Å². The summed E-state index contributed by atoms with van der Waals surface area (Å²) in [6, 6.07) is 86.0. The molecule has 1 atom stereocenters. The summed E-state index contributed by atoms with van der Waals surface area (Å²) in [5.41, 5.74) is 27.1. The van der Waals surface area contributed by atoms with Gasteiger partial charge in [0.15, 0.2) is 0 Å². The number of nitrogens with zero attached hydrogens (tertiary/aromatic N) is 1. The van der Waals surface area contributed by atoms with Crippen molar-refractivity contribution in [3.8, 4) is 66.8 Å². The van der Waals surface area contributed by atoms with Gasteiger partial charge in [-0.1, -0.05) is 208 Å².